The first-order valence-corrected chi connectivity index (χ1v) is 11.4. The number of carbonyl (C=O) groups excluding carboxylic acids is 1. The summed E-state index contributed by atoms with van der Waals surface area (Å²) in [4.78, 5) is 11.9. The number of nitrogens with one attached hydrogen (secondary N) is 2. The number of benzene rings is 3. The second-order valence-corrected chi connectivity index (χ2v) is 9.30. The minimum Gasteiger partial charge on any atom is -0.744 e. The van der Waals surface area contributed by atoms with E-state index in [0.29, 0.717) is 5.39 Å². The first-order chi connectivity index (χ1) is 13.5. The number of amides is 1. The van der Waals surface area contributed by atoms with Crippen LogP contribution in [-0.2, 0) is 20.1 Å². The standard InChI is InChI=1S/C18H16N2O7S2.Na/c1-28(23,24)20-15-7-3-6-14-13(15)8-9-16(17(14)21)19-18(22)11-4-2-5-12(10-11)29(25,26)27;/h2-10,20-21H,1H3,(H,19,22)(H,25,26,27);/q;+1/p-1. The molecule has 0 spiro atoms. The molecular formula is C18H15N2NaO7S2. The van der Waals surface area contributed by atoms with Crippen LogP contribution in [0.25, 0.3) is 10.8 Å². The zero-order valence-electron chi connectivity index (χ0n) is 15.9. The van der Waals surface area contributed by atoms with Gasteiger partial charge in [0.1, 0.15) is 15.9 Å². The van der Waals surface area contributed by atoms with Crippen LogP contribution in [0.5, 0.6) is 5.75 Å². The van der Waals surface area contributed by atoms with E-state index in [1.165, 1.54) is 36.4 Å². The normalized spacial score (nSPS) is 11.5. The van der Waals surface area contributed by atoms with Gasteiger partial charge in [-0.15, -0.1) is 0 Å². The van der Waals surface area contributed by atoms with Crippen LogP contribution in [0, 0.1) is 0 Å². The van der Waals surface area contributed by atoms with Gasteiger partial charge in [0.05, 0.1) is 22.5 Å². The molecule has 9 nitrogen and oxygen atoms in total. The molecule has 3 aromatic rings. The molecule has 0 aliphatic rings. The minimum absolute atomic E-state index is 0. The van der Waals surface area contributed by atoms with Crippen LogP contribution < -0.4 is 39.6 Å². The fraction of sp³-hybridized carbons (Fsp3) is 0.0556. The average Bonchev–Trinajstić information content (AvgIpc) is 2.62. The topological polar surface area (TPSA) is 153 Å². The molecule has 12 heteroatoms. The van der Waals surface area contributed by atoms with Gasteiger partial charge in [-0.3, -0.25) is 9.52 Å². The van der Waals surface area contributed by atoms with Crippen molar-refractivity contribution >= 4 is 48.2 Å². The van der Waals surface area contributed by atoms with Gasteiger partial charge >= 0.3 is 29.6 Å². The molecule has 0 fully saturated rings. The quantitative estimate of drug-likeness (QED) is 0.254. The number of hydrogen-bond acceptors (Lipinski definition) is 7. The Balaban J connectivity index is 0.00000320. The molecular weight excluding hydrogens is 443 g/mol. The Labute approximate surface area is 195 Å². The largest absolute Gasteiger partial charge is 1.00 e. The van der Waals surface area contributed by atoms with Gasteiger partial charge < -0.3 is 15.0 Å². The Morgan fingerprint density at radius 2 is 1.60 bits per heavy atom. The van der Waals surface area contributed by atoms with E-state index in [1.807, 2.05) is 0 Å². The van der Waals surface area contributed by atoms with Crippen molar-refractivity contribution in [2.24, 2.45) is 0 Å². The van der Waals surface area contributed by atoms with Crippen LogP contribution in [-0.4, -0.2) is 38.7 Å². The fourth-order valence-electron chi connectivity index (χ4n) is 2.72. The molecule has 0 bridgehead atoms. The maximum atomic E-state index is 12.4. The van der Waals surface area contributed by atoms with E-state index in [4.69, 9.17) is 0 Å². The van der Waals surface area contributed by atoms with Crippen molar-refractivity contribution in [3.8, 4) is 5.75 Å². The Morgan fingerprint density at radius 3 is 2.23 bits per heavy atom. The molecule has 0 saturated heterocycles. The van der Waals surface area contributed by atoms with Crippen LogP contribution in [0.2, 0.25) is 0 Å². The molecule has 3 rings (SSSR count). The molecule has 1 amide bonds. The number of sulfonamides is 1. The zero-order chi connectivity index (χ0) is 21.4. The van der Waals surface area contributed by atoms with E-state index in [1.54, 1.807) is 6.07 Å². The second kappa shape index (κ2) is 8.92. The second-order valence-electron chi connectivity index (χ2n) is 6.17. The average molecular weight is 458 g/mol. The molecule has 0 heterocycles. The van der Waals surface area contributed by atoms with Crippen LogP contribution >= 0.6 is 0 Å². The Morgan fingerprint density at radius 1 is 0.933 bits per heavy atom. The minimum atomic E-state index is -4.72. The molecule has 152 valence electrons. The SMILES string of the molecule is CS(=O)(=O)Nc1cccc2c(O)c(NC(=O)c3cccc(S(=O)(=O)[O-])c3)ccc12.[Na+]. The van der Waals surface area contributed by atoms with Gasteiger partial charge in [0, 0.05) is 16.3 Å². The maximum absolute atomic E-state index is 12.4. The van der Waals surface area contributed by atoms with Crippen molar-refractivity contribution in [2.75, 3.05) is 16.3 Å². The summed E-state index contributed by atoms with van der Waals surface area (Å²) >= 11 is 0. The van der Waals surface area contributed by atoms with Gasteiger partial charge in [-0.25, -0.2) is 16.8 Å². The summed E-state index contributed by atoms with van der Waals surface area (Å²) in [5, 5.41) is 13.6. The van der Waals surface area contributed by atoms with Crippen molar-refractivity contribution in [3.63, 3.8) is 0 Å². The van der Waals surface area contributed by atoms with Crippen molar-refractivity contribution in [1.82, 2.24) is 0 Å². The molecule has 30 heavy (non-hydrogen) atoms. The van der Waals surface area contributed by atoms with Crippen LogP contribution in [0.4, 0.5) is 11.4 Å². The number of phenolic OH excluding ortho intramolecular Hbond substituents is 1. The van der Waals surface area contributed by atoms with Gasteiger partial charge in [0.2, 0.25) is 10.0 Å². The first-order valence-electron chi connectivity index (χ1n) is 8.05. The predicted octanol–water partition coefficient (Wildman–Crippen LogP) is -0.923. The smallest absolute Gasteiger partial charge is 0.744 e. The van der Waals surface area contributed by atoms with E-state index < -0.39 is 30.9 Å². The summed E-state index contributed by atoms with van der Waals surface area (Å²) in [6.07, 6.45) is 0.997. The Kier molecular flexibility index (Phi) is 7.17. The van der Waals surface area contributed by atoms with Crippen LogP contribution in [0.1, 0.15) is 10.4 Å². The number of phenols is 1. The summed E-state index contributed by atoms with van der Waals surface area (Å²) in [5.41, 5.74) is 0.190. The number of carbonyl (C=O) groups is 1. The number of anilines is 2. The number of rotatable bonds is 5. The molecule has 3 aromatic carbocycles. The molecule has 0 saturated carbocycles. The molecule has 0 unspecified atom stereocenters. The number of hydrogen-bond donors (Lipinski definition) is 3. The van der Waals surface area contributed by atoms with Gasteiger partial charge in [-0.05, 0) is 36.4 Å². The van der Waals surface area contributed by atoms with E-state index in [9.17, 15) is 31.3 Å². The Bertz CT molecular complexity index is 1340. The summed E-state index contributed by atoms with van der Waals surface area (Å²) in [7, 11) is -8.26. The third kappa shape index (κ3) is 5.50. The van der Waals surface area contributed by atoms with Crippen molar-refractivity contribution < 1.29 is 60.8 Å². The molecule has 0 aliphatic carbocycles. The number of fused-ring (bicyclic) bond motifs is 1. The van der Waals surface area contributed by atoms with Gasteiger partial charge in [0.25, 0.3) is 5.91 Å². The van der Waals surface area contributed by atoms with E-state index in [0.717, 1.165) is 18.4 Å². The zero-order valence-corrected chi connectivity index (χ0v) is 19.5. The molecule has 0 radical (unpaired) electrons. The molecule has 0 aromatic heterocycles. The van der Waals surface area contributed by atoms with Crippen molar-refractivity contribution in [3.05, 3.63) is 60.2 Å². The summed E-state index contributed by atoms with van der Waals surface area (Å²) in [6, 6.07) is 12.1. The van der Waals surface area contributed by atoms with Gasteiger partial charge in [-0.2, -0.15) is 0 Å². The summed E-state index contributed by atoms with van der Waals surface area (Å²) in [5.74, 6) is -1.05. The van der Waals surface area contributed by atoms with Crippen molar-refractivity contribution in [1.29, 1.82) is 0 Å². The van der Waals surface area contributed by atoms with E-state index in [2.05, 4.69) is 10.0 Å². The first kappa shape index (κ1) is 24.1. The van der Waals surface area contributed by atoms with Crippen LogP contribution in [0.15, 0.2) is 59.5 Å². The molecule has 0 aliphatic heterocycles. The third-order valence-electron chi connectivity index (χ3n) is 3.96. The summed E-state index contributed by atoms with van der Waals surface area (Å²) in [6.45, 7) is 0. The molecule has 3 N–H and O–H groups in total. The van der Waals surface area contributed by atoms with E-state index >= 15 is 0 Å². The van der Waals surface area contributed by atoms with Crippen LogP contribution in [0.3, 0.4) is 0 Å². The predicted molar refractivity (Wildman–Crippen MR) is 106 cm³/mol. The fourth-order valence-corrected chi connectivity index (χ4v) is 3.81. The van der Waals surface area contributed by atoms with Gasteiger partial charge in [0.15, 0.2) is 0 Å². The summed E-state index contributed by atoms with van der Waals surface area (Å²) < 4.78 is 58.7. The monoisotopic (exact) mass is 458 g/mol. The van der Waals surface area contributed by atoms with E-state index in [-0.39, 0.29) is 57.6 Å². The Hall–Kier alpha value is -2.15. The third-order valence-corrected chi connectivity index (χ3v) is 5.38. The van der Waals surface area contributed by atoms with Gasteiger partial charge in [-0.1, -0.05) is 18.2 Å². The maximum Gasteiger partial charge on any atom is 1.00 e. The number of aromatic hydroxyl groups is 1. The molecule has 0 atom stereocenters. The van der Waals surface area contributed by atoms with Crippen molar-refractivity contribution in [2.45, 2.75) is 4.90 Å².